The van der Waals surface area contributed by atoms with Gasteiger partial charge in [0.2, 0.25) is 5.13 Å². The van der Waals surface area contributed by atoms with Crippen LogP contribution in [0.15, 0.2) is 4.99 Å². The lowest BCUT2D eigenvalue weighted by Crippen LogP contribution is -2.52. The Balaban J connectivity index is 0.00000320. The number of hydrogen-bond donors (Lipinski definition) is 1. The molecule has 2 aliphatic heterocycles. The lowest BCUT2D eigenvalue weighted by atomic mass is 9.99. The van der Waals surface area contributed by atoms with Crippen molar-refractivity contribution in [1.29, 1.82) is 0 Å². The molecule has 2 saturated heterocycles. The van der Waals surface area contributed by atoms with E-state index in [4.69, 9.17) is 4.99 Å². The van der Waals surface area contributed by atoms with Crippen LogP contribution in [0.5, 0.6) is 0 Å². The molecule has 0 saturated carbocycles. The van der Waals surface area contributed by atoms with Gasteiger partial charge in [-0.3, -0.25) is 4.99 Å². The summed E-state index contributed by atoms with van der Waals surface area (Å²) in [4.78, 5) is 16.9. The van der Waals surface area contributed by atoms with Crippen molar-refractivity contribution in [2.75, 3.05) is 63.8 Å². The highest BCUT2D eigenvalue weighted by molar-refractivity contribution is 14.0. The Bertz CT molecular complexity index is 623. The molecule has 2 fully saturated rings. The minimum absolute atomic E-state index is 0. The Kier molecular flexibility index (Phi) is 11.7. The van der Waals surface area contributed by atoms with Gasteiger partial charge in [0.15, 0.2) is 5.96 Å². The second-order valence-electron chi connectivity index (χ2n) is 8.29. The summed E-state index contributed by atoms with van der Waals surface area (Å²) < 4.78 is 4.42. The maximum atomic E-state index is 4.92. The molecule has 1 N–H and O–H groups in total. The van der Waals surface area contributed by atoms with Gasteiger partial charge in [-0.25, -0.2) is 4.98 Å². The minimum Gasteiger partial charge on any atom is -0.357 e. The molecule has 3 rings (SSSR count). The molecule has 0 amide bonds. The van der Waals surface area contributed by atoms with Crippen LogP contribution in [0.2, 0.25) is 0 Å². The first-order valence-corrected chi connectivity index (χ1v) is 12.3. The molecular formula is C21H40IN7S. The predicted molar refractivity (Wildman–Crippen MR) is 139 cm³/mol. The van der Waals surface area contributed by atoms with Crippen molar-refractivity contribution in [2.45, 2.75) is 52.9 Å². The zero-order valence-corrected chi connectivity index (χ0v) is 22.1. The zero-order chi connectivity index (χ0) is 20.5. The number of guanidine groups is 1. The summed E-state index contributed by atoms with van der Waals surface area (Å²) in [6.45, 7) is 16.2. The van der Waals surface area contributed by atoms with Gasteiger partial charge in [-0.05, 0) is 58.2 Å². The molecule has 0 spiro atoms. The van der Waals surface area contributed by atoms with E-state index in [1.54, 1.807) is 0 Å². The van der Waals surface area contributed by atoms with Crippen molar-refractivity contribution in [1.82, 2.24) is 24.5 Å². The standard InChI is InChI=1S/C21H39N7S.HI/c1-4-19-24-21(29-25-19)28-16-14-27(15-17-28)20(22-5-2)23-10-6-7-11-26-12-8-18(3)9-13-26;/h18H,4-17H2,1-3H3,(H,22,23);1H. The van der Waals surface area contributed by atoms with Crippen LogP contribution in [0.1, 0.15) is 52.3 Å². The van der Waals surface area contributed by atoms with E-state index >= 15 is 0 Å². The van der Waals surface area contributed by atoms with Crippen molar-refractivity contribution in [3.8, 4) is 0 Å². The number of anilines is 1. The van der Waals surface area contributed by atoms with E-state index in [-0.39, 0.29) is 24.0 Å². The third-order valence-corrected chi connectivity index (χ3v) is 6.79. The van der Waals surface area contributed by atoms with Crippen LogP contribution >= 0.6 is 35.5 Å². The SMILES string of the molecule is CCNC(=NCCCCN1CCC(C)CC1)N1CCN(c2nc(CC)ns2)CC1.I. The van der Waals surface area contributed by atoms with Crippen LogP contribution in [0.4, 0.5) is 5.13 Å². The van der Waals surface area contributed by atoms with Crippen molar-refractivity contribution in [3.05, 3.63) is 5.82 Å². The van der Waals surface area contributed by atoms with Crippen LogP contribution in [0, 0.1) is 5.92 Å². The summed E-state index contributed by atoms with van der Waals surface area (Å²) in [6.07, 6.45) is 6.06. The van der Waals surface area contributed by atoms with Crippen LogP contribution in [0.3, 0.4) is 0 Å². The number of hydrogen-bond acceptors (Lipinski definition) is 6. The van der Waals surface area contributed by atoms with Crippen molar-refractivity contribution in [3.63, 3.8) is 0 Å². The van der Waals surface area contributed by atoms with Gasteiger partial charge in [0.25, 0.3) is 0 Å². The summed E-state index contributed by atoms with van der Waals surface area (Å²) in [5, 5.41) is 4.55. The summed E-state index contributed by atoms with van der Waals surface area (Å²) >= 11 is 1.53. The molecule has 172 valence electrons. The zero-order valence-electron chi connectivity index (χ0n) is 19.0. The van der Waals surface area contributed by atoms with E-state index in [1.165, 1.54) is 56.9 Å². The highest BCUT2D eigenvalue weighted by atomic mass is 127. The number of nitrogens with zero attached hydrogens (tertiary/aromatic N) is 6. The Morgan fingerprint density at radius 3 is 2.47 bits per heavy atom. The number of halogens is 1. The van der Waals surface area contributed by atoms with Crippen molar-refractivity contribution in [2.24, 2.45) is 10.9 Å². The molecular weight excluding hydrogens is 509 g/mol. The maximum absolute atomic E-state index is 4.92. The van der Waals surface area contributed by atoms with Crippen molar-refractivity contribution >= 4 is 46.6 Å². The van der Waals surface area contributed by atoms with E-state index in [9.17, 15) is 0 Å². The molecule has 2 aliphatic rings. The first-order valence-electron chi connectivity index (χ1n) is 11.5. The molecule has 0 aromatic carbocycles. The number of likely N-dealkylation sites (tertiary alicyclic amines) is 1. The monoisotopic (exact) mass is 549 g/mol. The Hall–Kier alpha value is -0.680. The molecule has 3 heterocycles. The van der Waals surface area contributed by atoms with Gasteiger partial charge in [-0.1, -0.05) is 13.8 Å². The topological polar surface area (TPSA) is 59.9 Å². The molecule has 0 radical (unpaired) electrons. The van der Waals surface area contributed by atoms with Crippen LogP contribution in [-0.4, -0.2) is 84.0 Å². The Labute approximate surface area is 203 Å². The second kappa shape index (κ2) is 13.7. The second-order valence-corrected chi connectivity index (χ2v) is 9.02. The van der Waals surface area contributed by atoms with E-state index in [1.807, 2.05) is 0 Å². The fraction of sp³-hybridized carbons (Fsp3) is 0.857. The van der Waals surface area contributed by atoms with E-state index in [0.29, 0.717) is 0 Å². The van der Waals surface area contributed by atoms with Gasteiger partial charge in [-0.15, -0.1) is 24.0 Å². The molecule has 7 nitrogen and oxygen atoms in total. The molecule has 9 heteroatoms. The number of piperazine rings is 1. The van der Waals surface area contributed by atoms with Crippen LogP contribution in [0.25, 0.3) is 0 Å². The Morgan fingerprint density at radius 2 is 1.83 bits per heavy atom. The van der Waals surface area contributed by atoms with E-state index in [2.05, 4.69) is 50.1 Å². The lowest BCUT2D eigenvalue weighted by Gasteiger charge is -2.36. The van der Waals surface area contributed by atoms with E-state index in [0.717, 1.165) is 68.5 Å². The number of aryl methyl sites for hydroxylation is 1. The van der Waals surface area contributed by atoms with Gasteiger partial charge in [0, 0.05) is 57.2 Å². The fourth-order valence-electron chi connectivity index (χ4n) is 3.97. The third kappa shape index (κ3) is 7.78. The molecule has 0 atom stereocenters. The Morgan fingerprint density at radius 1 is 1.10 bits per heavy atom. The van der Waals surface area contributed by atoms with Gasteiger partial charge in [0.05, 0.1) is 0 Å². The summed E-state index contributed by atoms with van der Waals surface area (Å²) in [6, 6.07) is 0. The largest absolute Gasteiger partial charge is 0.357 e. The number of piperidine rings is 1. The molecule has 0 unspecified atom stereocenters. The first-order chi connectivity index (χ1) is 14.2. The van der Waals surface area contributed by atoms with Gasteiger partial charge < -0.3 is 20.0 Å². The fourth-order valence-corrected chi connectivity index (χ4v) is 4.77. The third-order valence-electron chi connectivity index (χ3n) is 5.98. The van der Waals surface area contributed by atoms with Crippen LogP contribution < -0.4 is 10.2 Å². The highest BCUT2D eigenvalue weighted by Crippen LogP contribution is 2.19. The molecule has 1 aromatic heterocycles. The summed E-state index contributed by atoms with van der Waals surface area (Å²) in [7, 11) is 0. The normalized spacial score (nSPS) is 19.1. The number of aliphatic imine (C=N–C) groups is 1. The average Bonchev–Trinajstić information content (AvgIpc) is 3.23. The smallest absolute Gasteiger partial charge is 0.205 e. The summed E-state index contributed by atoms with van der Waals surface area (Å²) in [5.74, 6) is 2.95. The molecule has 0 bridgehead atoms. The van der Waals surface area contributed by atoms with Crippen molar-refractivity contribution < 1.29 is 0 Å². The number of nitrogens with one attached hydrogen (secondary N) is 1. The minimum atomic E-state index is 0. The first kappa shape index (κ1) is 25.6. The van der Waals surface area contributed by atoms with Gasteiger partial charge >= 0.3 is 0 Å². The molecule has 1 aromatic rings. The number of aromatic nitrogens is 2. The molecule has 0 aliphatic carbocycles. The lowest BCUT2D eigenvalue weighted by molar-refractivity contribution is 0.190. The van der Waals surface area contributed by atoms with Gasteiger partial charge in [0.1, 0.15) is 5.82 Å². The van der Waals surface area contributed by atoms with Gasteiger partial charge in [-0.2, -0.15) is 4.37 Å². The maximum Gasteiger partial charge on any atom is 0.205 e. The van der Waals surface area contributed by atoms with E-state index < -0.39 is 0 Å². The summed E-state index contributed by atoms with van der Waals surface area (Å²) in [5.41, 5.74) is 0. The number of unbranched alkanes of at least 4 members (excludes halogenated alkanes) is 1. The van der Waals surface area contributed by atoms with Crippen LogP contribution in [-0.2, 0) is 6.42 Å². The average molecular weight is 550 g/mol. The quantitative estimate of drug-likeness (QED) is 0.233. The highest BCUT2D eigenvalue weighted by Gasteiger charge is 2.22. The predicted octanol–water partition coefficient (Wildman–Crippen LogP) is 3.32. The molecule has 30 heavy (non-hydrogen) atoms. The number of rotatable bonds is 8.